The number of hydrogen-bond donors (Lipinski definition) is 1. The molecule has 8 nitrogen and oxygen atoms in total. The Morgan fingerprint density at radius 2 is 1.45 bits per heavy atom. The molecule has 0 radical (unpaired) electrons. The zero-order valence-corrected chi connectivity index (χ0v) is 23.5. The first kappa shape index (κ1) is 30.6. The van der Waals surface area contributed by atoms with Crippen LogP contribution in [0.1, 0.15) is 32.8 Å². The lowest BCUT2D eigenvalue weighted by Crippen LogP contribution is -2.52. The minimum absolute atomic E-state index is 0.0604. The van der Waals surface area contributed by atoms with E-state index in [1.165, 1.54) is 65.6 Å². The van der Waals surface area contributed by atoms with Gasteiger partial charge >= 0.3 is 0 Å². The number of carbonyl (C=O) groups is 2. The molecule has 3 aromatic carbocycles. The first-order chi connectivity index (χ1) is 19.1. The average Bonchev–Trinajstić information content (AvgIpc) is 2.93. The molecule has 0 saturated carbocycles. The molecule has 0 fully saturated rings. The molecule has 0 spiro atoms. The lowest BCUT2D eigenvalue weighted by molar-refractivity contribution is -0.140. The van der Waals surface area contributed by atoms with E-state index in [4.69, 9.17) is 4.74 Å². The summed E-state index contributed by atoms with van der Waals surface area (Å²) in [6, 6.07) is 15.0. The SMILES string of the molecule is CCNC(=O)[C@@H](CC)N(Cc1ccc(F)cc1)C(=O)CN(c1ccc(F)cc1)S(=O)(=O)c1ccc(OCC)cc1. The fourth-order valence-electron chi connectivity index (χ4n) is 4.14. The minimum Gasteiger partial charge on any atom is -0.494 e. The van der Waals surface area contributed by atoms with Crippen molar-refractivity contribution >= 4 is 27.5 Å². The Hall–Kier alpha value is -3.99. The summed E-state index contributed by atoms with van der Waals surface area (Å²) in [5, 5.41) is 2.71. The highest BCUT2D eigenvalue weighted by atomic mass is 32.2. The van der Waals surface area contributed by atoms with E-state index >= 15 is 0 Å². The number of rotatable bonds is 13. The molecule has 214 valence electrons. The molecular formula is C29H33F2N3O5S. The summed E-state index contributed by atoms with van der Waals surface area (Å²) in [7, 11) is -4.31. The molecule has 1 atom stereocenters. The number of anilines is 1. The Kier molecular flexibility index (Phi) is 10.6. The summed E-state index contributed by atoms with van der Waals surface area (Å²) in [6.07, 6.45) is 0.251. The number of likely N-dealkylation sites (N-methyl/N-ethyl adjacent to an activating group) is 1. The maximum Gasteiger partial charge on any atom is 0.264 e. The lowest BCUT2D eigenvalue weighted by atomic mass is 10.1. The molecule has 0 heterocycles. The van der Waals surface area contributed by atoms with E-state index in [0.717, 1.165) is 16.4 Å². The van der Waals surface area contributed by atoms with Crippen molar-refractivity contribution in [2.45, 2.75) is 44.7 Å². The third-order valence-corrected chi connectivity index (χ3v) is 7.91. The Bertz CT molecular complexity index is 1380. The number of hydrogen-bond acceptors (Lipinski definition) is 5. The molecule has 2 amide bonds. The summed E-state index contributed by atoms with van der Waals surface area (Å²) in [4.78, 5) is 28.0. The smallest absolute Gasteiger partial charge is 0.264 e. The van der Waals surface area contributed by atoms with E-state index in [0.29, 0.717) is 24.5 Å². The Morgan fingerprint density at radius 3 is 1.98 bits per heavy atom. The van der Waals surface area contributed by atoms with Gasteiger partial charge in [0.1, 0.15) is 30.0 Å². The molecule has 0 aliphatic carbocycles. The van der Waals surface area contributed by atoms with Crippen LogP contribution in [-0.2, 0) is 26.2 Å². The number of benzene rings is 3. The number of carbonyl (C=O) groups excluding carboxylic acids is 2. The Balaban J connectivity index is 2.04. The van der Waals surface area contributed by atoms with Crippen LogP contribution >= 0.6 is 0 Å². The molecule has 0 unspecified atom stereocenters. The first-order valence-corrected chi connectivity index (χ1v) is 14.4. The van der Waals surface area contributed by atoms with Crippen molar-refractivity contribution in [3.63, 3.8) is 0 Å². The van der Waals surface area contributed by atoms with Crippen LogP contribution in [0.4, 0.5) is 14.5 Å². The quantitative estimate of drug-likeness (QED) is 0.325. The molecule has 11 heteroatoms. The maximum atomic E-state index is 13.9. The van der Waals surface area contributed by atoms with Crippen LogP contribution in [0.3, 0.4) is 0 Å². The van der Waals surface area contributed by atoms with Crippen LogP contribution in [0.5, 0.6) is 5.75 Å². The monoisotopic (exact) mass is 573 g/mol. The van der Waals surface area contributed by atoms with Gasteiger partial charge in [0.15, 0.2) is 0 Å². The highest BCUT2D eigenvalue weighted by Gasteiger charge is 2.33. The van der Waals surface area contributed by atoms with E-state index in [9.17, 15) is 26.8 Å². The zero-order valence-electron chi connectivity index (χ0n) is 22.6. The standard InChI is InChI=1S/C29H33F2N3O5S/c1-4-27(29(36)32-5-2)33(19-21-7-9-22(30)10-8-21)28(35)20-34(24-13-11-23(31)12-14-24)40(37,38)26-17-15-25(16-18-26)39-6-3/h7-18,27H,4-6,19-20H2,1-3H3,(H,32,36)/t27-/m1/s1. The van der Waals surface area contributed by atoms with E-state index in [-0.39, 0.29) is 23.5 Å². The molecule has 0 aliphatic heterocycles. The van der Waals surface area contributed by atoms with Crippen LogP contribution < -0.4 is 14.4 Å². The maximum absolute atomic E-state index is 13.9. The third kappa shape index (κ3) is 7.56. The topological polar surface area (TPSA) is 96.0 Å². The Labute approximate surface area is 233 Å². The van der Waals surface area contributed by atoms with Gasteiger partial charge in [-0.2, -0.15) is 0 Å². The van der Waals surface area contributed by atoms with Crippen molar-refractivity contribution < 1.29 is 31.5 Å². The summed E-state index contributed by atoms with van der Waals surface area (Å²) in [5.41, 5.74) is 0.622. The predicted molar refractivity (Wildman–Crippen MR) is 148 cm³/mol. The molecule has 1 N–H and O–H groups in total. The van der Waals surface area contributed by atoms with Crippen molar-refractivity contribution in [1.82, 2.24) is 10.2 Å². The van der Waals surface area contributed by atoms with Crippen LogP contribution in [0.2, 0.25) is 0 Å². The molecular weight excluding hydrogens is 540 g/mol. The van der Waals surface area contributed by atoms with Crippen LogP contribution in [-0.4, -0.2) is 50.9 Å². The average molecular weight is 574 g/mol. The molecule has 0 saturated heterocycles. The normalized spacial score (nSPS) is 11.9. The summed E-state index contributed by atoms with van der Waals surface area (Å²) < 4.78 is 61.2. The minimum atomic E-state index is -4.31. The highest BCUT2D eigenvalue weighted by Crippen LogP contribution is 2.26. The number of nitrogens with zero attached hydrogens (tertiary/aromatic N) is 2. The molecule has 40 heavy (non-hydrogen) atoms. The first-order valence-electron chi connectivity index (χ1n) is 12.9. The predicted octanol–water partition coefficient (Wildman–Crippen LogP) is 4.50. The lowest BCUT2D eigenvalue weighted by Gasteiger charge is -2.33. The molecule has 0 aromatic heterocycles. The van der Waals surface area contributed by atoms with Crippen molar-refractivity contribution in [1.29, 1.82) is 0 Å². The van der Waals surface area contributed by atoms with Gasteiger partial charge in [-0.1, -0.05) is 19.1 Å². The van der Waals surface area contributed by atoms with Gasteiger partial charge < -0.3 is 15.0 Å². The number of ether oxygens (including phenoxy) is 1. The fourth-order valence-corrected chi connectivity index (χ4v) is 5.55. The van der Waals surface area contributed by atoms with Crippen molar-refractivity contribution in [3.8, 4) is 5.75 Å². The van der Waals surface area contributed by atoms with Crippen molar-refractivity contribution in [2.24, 2.45) is 0 Å². The molecule has 3 aromatic rings. The van der Waals surface area contributed by atoms with Gasteiger partial charge in [0.05, 0.1) is 17.2 Å². The third-order valence-electron chi connectivity index (χ3n) is 6.12. The van der Waals surface area contributed by atoms with Crippen LogP contribution in [0.25, 0.3) is 0 Å². The van der Waals surface area contributed by atoms with Gasteiger partial charge in [-0.25, -0.2) is 17.2 Å². The zero-order chi connectivity index (χ0) is 29.3. The van der Waals surface area contributed by atoms with Gasteiger partial charge in [-0.3, -0.25) is 13.9 Å². The second-order valence-electron chi connectivity index (χ2n) is 8.86. The van der Waals surface area contributed by atoms with E-state index in [1.807, 2.05) is 0 Å². The van der Waals surface area contributed by atoms with Gasteiger partial charge in [0, 0.05) is 13.1 Å². The van der Waals surface area contributed by atoms with Gasteiger partial charge in [-0.05, 0) is 86.5 Å². The molecule has 0 aliphatic rings. The van der Waals surface area contributed by atoms with E-state index in [1.54, 1.807) is 20.8 Å². The van der Waals surface area contributed by atoms with Gasteiger partial charge in [-0.15, -0.1) is 0 Å². The van der Waals surface area contributed by atoms with E-state index < -0.39 is 46.1 Å². The van der Waals surface area contributed by atoms with E-state index in [2.05, 4.69) is 5.32 Å². The van der Waals surface area contributed by atoms with Crippen molar-refractivity contribution in [2.75, 3.05) is 24.0 Å². The Morgan fingerprint density at radius 1 is 0.875 bits per heavy atom. The number of sulfonamides is 1. The van der Waals surface area contributed by atoms with Gasteiger partial charge in [0.25, 0.3) is 10.0 Å². The fraction of sp³-hybridized carbons (Fsp3) is 0.310. The van der Waals surface area contributed by atoms with Crippen molar-refractivity contribution in [3.05, 3.63) is 90.0 Å². The summed E-state index contributed by atoms with van der Waals surface area (Å²) in [6.45, 7) is 5.29. The number of halogens is 2. The second kappa shape index (κ2) is 13.9. The highest BCUT2D eigenvalue weighted by molar-refractivity contribution is 7.92. The molecule has 0 bridgehead atoms. The van der Waals surface area contributed by atoms with Crippen LogP contribution in [0, 0.1) is 11.6 Å². The number of amides is 2. The molecule has 3 rings (SSSR count). The van der Waals surface area contributed by atoms with Gasteiger partial charge in [0.2, 0.25) is 11.8 Å². The summed E-state index contributed by atoms with van der Waals surface area (Å²) >= 11 is 0. The number of nitrogens with one attached hydrogen (secondary N) is 1. The summed E-state index contributed by atoms with van der Waals surface area (Å²) in [5.74, 6) is -1.62. The van der Waals surface area contributed by atoms with Crippen LogP contribution in [0.15, 0.2) is 77.7 Å². The largest absolute Gasteiger partial charge is 0.494 e. The second-order valence-corrected chi connectivity index (χ2v) is 10.7.